The summed E-state index contributed by atoms with van der Waals surface area (Å²) in [4.78, 5) is 25.4. The summed E-state index contributed by atoms with van der Waals surface area (Å²) in [5.74, 6) is 1.25. The molecule has 2 atom stereocenters. The first-order valence-corrected chi connectivity index (χ1v) is 8.63. The fourth-order valence-electron chi connectivity index (χ4n) is 4.30. The predicted molar refractivity (Wildman–Crippen MR) is 87.2 cm³/mol. The lowest BCUT2D eigenvalue weighted by Gasteiger charge is -2.42. The summed E-state index contributed by atoms with van der Waals surface area (Å²) >= 11 is 0. The number of amides is 3. The van der Waals surface area contributed by atoms with Crippen LogP contribution in [0.15, 0.2) is 0 Å². The number of hydrogen-bond acceptors (Lipinski definition) is 2. The van der Waals surface area contributed by atoms with Crippen molar-refractivity contribution in [2.24, 2.45) is 28.9 Å². The Morgan fingerprint density at radius 1 is 1.23 bits per heavy atom. The van der Waals surface area contributed by atoms with Gasteiger partial charge >= 0.3 is 6.03 Å². The summed E-state index contributed by atoms with van der Waals surface area (Å²) in [5, 5.41) is 3.18. The molecule has 0 spiro atoms. The Bertz CT molecular complexity index is 414. The van der Waals surface area contributed by atoms with Crippen LogP contribution in [-0.4, -0.2) is 36.5 Å². The van der Waals surface area contributed by atoms with Crippen molar-refractivity contribution in [2.45, 2.75) is 52.9 Å². The molecule has 3 N–H and O–H groups in total. The van der Waals surface area contributed by atoms with Gasteiger partial charge in [0.05, 0.1) is 0 Å². The summed E-state index contributed by atoms with van der Waals surface area (Å²) in [6.07, 6.45) is 5.36. The summed E-state index contributed by atoms with van der Waals surface area (Å²) in [7, 11) is 0. The molecule has 2 aliphatic rings. The maximum absolute atomic E-state index is 12.6. The van der Waals surface area contributed by atoms with Crippen LogP contribution in [0.2, 0.25) is 0 Å². The third kappa shape index (κ3) is 3.93. The lowest BCUT2D eigenvalue weighted by molar-refractivity contribution is -0.133. The van der Waals surface area contributed by atoms with E-state index in [4.69, 9.17) is 5.73 Å². The Balaban J connectivity index is 1.81. The highest BCUT2D eigenvalue weighted by molar-refractivity contribution is 5.79. The van der Waals surface area contributed by atoms with E-state index in [1.165, 1.54) is 6.42 Å². The molecule has 3 amide bonds. The first-order chi connectivity index (χ1) is 10.3. The first kappa shape index (κ1) is 17.1. The molecule has 22 heavy (non-hydrogen) atoms. The number of primary amides is 1. The zero-order valence-electron chi connectivity index (χ0n) is 14.2. The number of nitrogens with zero attached hydrogens (tertiary/aromatic N) is 1. The Kier molecular flexibility index (Phi) is 5.35. The SMILES string of the molecule is C[C@H]1CCCC(C)(C)[C@@H]1C(=O)NCC1CCN(C(N)=O)CC1. The van der Waals surface area contributed by atoms with E-state index in [9.17, 15) is 9.59 Å². The number of nitrogens with two attached hydrogens (primary N) is 1. The average molecular weight is 309 g/mol. The van der Waals surface area contributed by atoms with Gasteiger partial charge < -0.3 is 16.0 Å². The van der Waals surface area contributed by atoms with E-state index in [1.54, 1.807) is 4.90 Å². The Morgan fingerprint density at radius 2 is 1.86 bits per heavy atom. The monoisotopic (exact) mass is 309 g/mol. The first-order valence-electron chi connectivity index (χ1n) is 8.63. The number of likely N-dealkylation sites (tertiary alicyclic amines) is 1. The molecule has 1 saturated carbocycles. The highest BCUT2D eigenvalue weighted by Crippen LogP contribution is 2.43. The quantitative estimate of drug-likeness (QED) is 0.839. The van der Waals surface area contributed by atoms with Crippen LogP contribution in [0.4, 0.5) is 4.79 Å². The summed E-state index contributed by atoms with van der Waals surface area (Å²) in [6.45, 7) is 8.79. The molecule has 1 aliphatic carbocycles. The highest BCUT2D eigenvalue weighted by Gasteiger charge is 2.41. The fraction of sp³-hybridized carbons (Fsp3) is 0.882. The van der Waals surface area contributed by atoms with E-state index in [0.717, 1.165) is 32.2 Å². The molecule has 0 aromatic heterocycles. The minimum atomic E-state index is -0.333. The van der Waals surface area contributed by atoms with Crippen LogP contribution in [0, 0.1) is 23.2 Å². The van der Waals surface area contributed by atoms with Gasteiger partial charge in [0, 0.05) is 25.6 Å². The van der Waals surface area contributed by atoms with Crippen LogP contribution in [0.25, 0.3) is 0 Å². The fourth-order valence-corrected chi connectivity index (χ4v) is 4.30. The molecule has 0 bridgehead atoms. The Hall–Kier alpha value is -1.26. The number of rotatable bonds is 3. The average Bonchev–Trinajstić information content (AvgIpc) is 2.44. The van der Waals surface area contributed by atoms with Crippen molar-refractivity contribution in [3.05, 3.63) is 0 Å². The van der Waals surface area contributed by atoms with Crippen molar-refractivity contribution < 1.29 is 9.59 Å². The molecular formula is C17H31N3O2. The summed E-state index contributed by atoms with van der Waals surface area (Å²) in [5.41, 5.74) is 5.39. The Labute approximate surface area is 134 Å². The van der Waals surface area contributed by atoms with Crippen molar-refractivity contribution in [2.75, 3.05) is 19.6 Å². The number of carbonyl (C=O) groups is 2. The predicted octanol–water partition coefficient (Wildman–Crippen LogP) is 2.36. The van der Waals surface area contributed by atoms with E-state index < -0.39 is 0 Å². The molecule has 1 aliphatic heterocycles. The molecule has 0 aromatic carbocycles. The molecule has 126 valence electrons. The second kappa shape index (κ2) is 6.88. The van der Waals surface area contributed by atoms with Gasteiger partial charge in [-0.1, -0.05) is 27.2 Å². The highest BCUT2D eigenvalue weighted by atomic mass is 16.2. The minimum Gasteiger partial charge on any atom is -0.356 e. The van der Waals surface area contributed by atoms with Crippen molar-refractivity contribution in [1.82, 2.24) is 10.2 Å². The van der Waals surface area contributed by atoms with Gasteiger partial charge in [-0.25, -0.2) is 4.79 Å². The van der Waals surface area contributed by atoms with Crippen LogP contribution in [0.5, 0.6) is 0 Å². The zero-order valence-corrected chi connectivity index (χ0v) is 14.2. The second-order valence-corrected chi connectivity index (χ2v) is 7.85. The lowest BCUT2D eigenvalue weighted by Crippen LogP contribution is -2.47. The molecule has 2 fully saturated rings. The molecule has 0 unspecified atom stereocenters. The molecule has 1 heterocycles. The smallest absolute Gasteiger partial charge is 0.314 e. The second-order valence-electron chi connectivity index (χ2n) is 7.85. The standard InChI is InChI=1S/C17H31N3O2/c1-12-5-4-8-17(2,3)14(12)15(21)19-11-13-6-9-20(10-7-13)16(18)22/h12-14H,4-11H2,1-3H3,(H2,18,22)(H,19,21)/t12-,14-/m0/s1. The minimum absolute atomic E-state index is 0.0943. The van der Waals surface area contributed by atoms with Gasteiger partial charge in [0.2, 0.25) is 5.91 Å². The topological polar surface area (TPSA) is 75.4 Å². The van der Waals surface area contributed by atoms with Gasteiger partial charge in [-0.15, -0.1) is 0 Å². The van der Waals surface area contributed by atoms with Gasteiger partial charge in [0.15, 0.2) is 0 Å². The third-order valence-electron chi connectivity index (χ3n) is 5.67. The molecule has 5 nitrogen and oxygen atoms in total. The van der Waals surface area contributed by atoms with E-state index in [-0.39, 0.29) is 23.3 Å². The number of urea groups is 1. The third-order valence-corrected chi connectivity index (χ3v) is 5.67. The van der Waals surface area contributed by atoms with E-state index in [0.29, 0.717) is 24.9 Å². The van der Waals surface area contributed by atoms with Crippen LogP contribution in [-0.2, 0) is 4.79 Å². The van der Waals surface area contributed by atoms with Gasteiger partial charge in [-0.05, 0) is 42.9 Å². The van der Waals surface area contributed by atoms with Crippen LogP contribution in [0.3, 0.4) is 0 Å². The van der Waals surface area contributed by atoms with Crippen molar-refractivity contribution in [3.8, 4) is 0 Å². The summed E-state index contributed by atoms with van der Waals surface area (Å²) in [6, 6.07) is -0.333. The number of nitrogens with one attached hydrogen (secondary N) is 1. The normalized spacial score (nSPS) is 29.1. The van der Waals surface area contributed by atoms with E-state index >= 15 is 0 Å². The van der Waals surface area contributed by atoms with Crippen LogP contribution >= 0.6 is 0 Å². The van der Waals surface area contributed by atoms with Crippen LogP contribution in [0.1, 0.15) is 52.9 Å². The number of carbonyl (C=O) groups excluding carboxylic acids is 2. The van der Waals surface area contributed by atoms with Gasteiger partial charge in [0.25, 0.3) is 0 Å². The van der Waals surface area contributed by atoms with Crippen molar-refractivity contribution in [3.63, 3.8) is 0 Å². The summed E-state index contributed by atoms with van der Waals surface area (Å²) < 4.78 is 0. The maximum atomic E-state index is 12.6. The van der Waals surface area contributed by atoms with Crippen molar-refractivity contribution >= 4 is 11.9 Å². The number of hydrogen-bond donors (Lipinski definition) is 2. The largest absolute Gasteiger partial charge is 0.356 e. The van der Waals surface area contributed by atoms with Crippen molar-refractivity contribution in [1.29, 1.82) is 0 Å². The molecule has 2 rings (SSSR count). The number of piperidine rings is 1. The zero-order chi connectivity index (χ0) is 16.3. The molecule has 0 radical (unpaired) electrons. The molecule has 0 aromatic rings. The molecule has 5 heteroatoms. The van der Waals surface area contributed by atoms with Crippen LogP contribution < -0.4 is 11.1 Å². The van der Waals surface area contributed by atoms with E-state index in [1.807, 2.05) is 0 Å². The molecule has 1 saturated heterocycles. The maximum Gasteiger partial charge on any atom is 0.314 e. The van der Waals surface area contributed by atoms with Gasteiger partial charge in [-0.2, -0.15) is 0 Å². The lowest BCUT2D eigenvalue weighted by atomic mass is 9.64. The Morgan fingerprint density at radius 3 is 2.41 bits per heavy atom. The van der Waals surface area contributed by atoms with Gasteiger partial charge in [0.1, 0.15) is 0 Å². The van der Waals surface area contributed by atoms with Gasteiger partial charge in [-0.3, -0.25) is 4.79 Å². The molecular weight excluding hydrogens is 278 g/mol. The van der Waals surface area contributed by atoms with E-state index in [2.05, 4.69) is 26.1 Å².